The first-order valence-corrected chi connectivity index (χ1v) is 7.53. The molecule has 22 heavy (non-hydrogen) atoms. The number of benzene rings is 1. The van der Waals surface area contributed by atoms with Gasteiger partial charge in [-0.1, -0.05) is 18.2 Å². The third-order valence-electron chi connectivity index (χ3n) is 3.87. The highest BCUT2D eigenvalue weighted by Crippen LogP contribution is 2.38. The lowest BCUT2D eigenvalue weighted by Gasteiger charge is -2.25. The minimum absolute atomic E-state index is 0.0328. The van der Waals surface area contributed by atoms with E-state index in [0.29, 0.717) is 0 Å². The number of likely N-dealkylation sites (tertiary alicyclic amines) is 1. The fraction of sp³-hybridized carbons (Fsp3) is 0.389. The minimum Gasteiger partial charge on any atom is -0.497 e. The Balaban J connectivity index is 2.28. The maximum Gasteiger partial charge on any atom is 0.247 e. The van der Waals surface area contributed by atoms with Gasteiger partial charge in [0.05, 0.1) is 20.3 Å². The predicted octanol–water partition coefficient (Wildman–Crippen LogP) is 3.50. The van der Waals surface area contributed by atoms with E-state index in [1.165, 1.54) is 0 Å². The van der Waals surface area contributed by atoms with Crippen LogP contribution in [-0.2, 0) is 4.79 Å². The molecular weight excluding hydrogens is 278 g/mol. The van der Waals surface area contributed by atoms with E-state index in [2.05, 4.69) is 0 Å². The van der Waals surface area contributed by atoms with Crippen molar-refractivity contribution >= 4 is 5.91 Å². The normalized spacial score (nSPS) is 18.3. The van der Waals surface area contributed by atoms with Gasteiger partial charge in [0.25, 0.3) is 0 Å². The quantitative estimate of drug-likeness (QED) is 0.617. The highest BCUT2D eigenvalue weighted by molar-refractivity contribution is 5.88. The van der Waals surface area contributed by atoms with E-state index >= 15 is 0 Å². The molecule has 1 fully saturated rings. The van der Waals surface area contributed by atoms with Crippen molar-refractivity contribution in [2.24, 2.45) is 0 Å². The van der Waals surface area contributed by atoms with Crippen LogP contribution in [0.5, 0.6) is 11.5 Å². The van der Waals surface area contributed by atoms with Gasteiger partial charge in [-0.05, 0) is 38.0 Å². The Morgan fingerprint density at radius 3 is 2.77 bits per heavy atom. The van der Waals surface area contributed by atoms with Gasteiger partial charge in [0.2, 0.25) is 5.91 Å². The molecule has 1 aromatic rings. The van der Waals surface area contributed by atoms with Gasteiger partial charge in [0.1, 0.15) is 11.5 Å². The number of allylic oxidation sites excluding steroid dienone is 3. The van der Waals surface area contributed by atoms with E-state index in [-0.39, 0.29) is 11.9 Å². The van der Waals surface area contributed by atoms with Crippen LogP contribution in [0.2, 0.25) is 0 Å². The summed E-state index contributed by atoms with van der Waals surface area (Å²) in [6, 6.07) is 5.76. The van der Waals surface area contributed by atoms with Crippen molar-refractivity contribution in [2.45, 2.75) is 25.8 Å². The zero-order valence-electron chi connectivity index (χ0n) is 13.4. The molecule has 1 aliphatic rings. The maximum atomic E-state index is 12.4. The zero-order chi connectivity index (χ0) is 15.9. The summed E-state index contributed by atoms with van der Waals surface area (Å²) in [4.78, 5) is 14.3. The predicted molar refractivity (Wildman–Crippen MR) is 87.2 cm³/mol. The Bertz CT molecular complexity index is 578. The van der Waals surface area contributed by atoms with Gasteiger partial charge in [-0.3, -0.25) is 4.79 Å². The van der Waals surface area contributed by atoms with Crippen LogP contribution < -0.4 is 9.47 Å². The van der Waals surface area contributed by atoms with E-state index in [4.69, 9.17) is 9.47 Å². The molecule has 0 aromatic heterocycles. The van der Waals surface area contributed by atoms with Crippen LogP contribution in [-0.4, -0.2) is 31.6 Å². The molecular formula is C18H23NO3. The van der Waals surface area contributed by atoms with Gasteiger partial charge in [-0.25, -0.2) is 0 Å². The summed E-state index contributed by atoms with van der Waals surface area (Å²) in [6.45, 7) is 2.69. The van der Waals surface area contributed by atoms with Crippen molar-refractivity contribution in [3.63, 3.8) is 0 Å². The molecule has 2 rings (SSSR count). The number of nitrogens with zero attached hydrogens (tertiary/aromatic N) is 1. The molecule has 0 bridgehead atoms. The van der Waals surface area contributed by atoms with Gasteiger partial charge in [0.15, 0.2) is 0 Å². The van der Waals surface area contributed by atoms with Gasteiger partial charge in [0, 0.05) is 18.2 Å². The fourth-order valence-corrected chi connectivity index (χ4v) is 2.80. The Labute approximate surface area is 132 Å². The molecule has 1 aliphatic heterocycles. The first-order valence-electron chi connectivity index (χ1n) is 7.53. The lowest BCUT2D eigenvalue weighted by molar-refractivity contribution is -0.126. The average Bonchev–Trinajstić information content (AvgIpc) is 3.03. The number of hydrogen-bond donors (Lipinski definition) is 0. The maximum absolute atomic E-state index is 12.4. The van der Waals surface area contributed by atoms with Crippen LogP contribution in [0, 0.1) is 0 Å². The van der Waals surface area contributed by atoms with Crippen LogP contribution in [0.15, 0.2) is 42.5 Å². The summed E-state index contributed by atoms with van der Waals surface area (Å²) >= 11 is 0. The minimum atomic E-state index is 0.0328. The summed E-state index contributed by atoms with van der Waals surface area (Å²) < 4.78 is 10.8. The number of amides is 1. The van der Waals surface area contributed by atoms with Gasteiger partial charge in [-0.15, -0.1) is 0 Å². The molecule has 4 heteroatoms. The third-order valence-corrected chi connectivity index (χ3v) is 3.87. The molecule has 1 unspecified atom stereocenters. The largest absolute Gasteiger partial charge is 0.497 e. The second kappa shape index (κ2) is 7.69. The monoisotopic (exact) mass is 301 g/mol. The van der Waals surface area contributed by atoms with Crippen LogP contribution in [0.4, 0.5) is 0 Å². The third kappa shape index (κ3) is 3.50. The molecule has 1 atom stereocenters. The Hall–Kier alpha value is -2.23. The first kappa shape index (κ1) is 16.1. The lowest BCUT2D eigenvalue weighted by atomic mass is 10.0. The van der Waals surface area contributed by atoms with Gasteiger partial charge < -0.3 is 14.4 Å². The van der Waals surface area contributed by atoms with Crippen LogP contribution in [0.25, 0.3) is 0 Å². The van der Waals surface area contributed by atoms with Crippen molar-refractivity contribution < 1.29 is 14.3 Å². The van der Waals surface area contributed by atoms with E-state index in [9.17, 15) is 4.79 Å². The van der Waals surface area contributed by atoms with Crippen molar-refractivity contribution in [3.8, 4) is 11.5 Å². The Morgan fingerprint density at radius 2 is 2.09 bits per heavy atom. The van der Waals surface area contributed by atoms with Crippen molar-refractivity contribution in [3.05, 3.63) is 48.1 Å². The molecule has 118 valence electrons. The van der Waals surface area contributed by atoms with E-state index in [1.807, 2.05) is 42.2 Å². The molecule has 1 amide bonds. The molecule has 1 heterocycles. The van der Waals surface area contributed by atoms with Crippen LogP contribution in [0.3, 0.4) is 0 Å². The molecule has 4 nitrogen and oxygen atoms in total. The zero-order valence-corrected chi connectivity index (χ0v) is 13.4. The van der Waals surface area contributed by atoms with E-state index < -0.39 is 0 Å². The second-order valence-corrected chi connectivity index (χ2v) is 5.18. The van der Waals surface area contributed by atoms with Gasteiger partial charge >= 0.3 is 0 Å². The SMILES string of the molecule is C/C=C/C=C\C(=O)N1CCCC1c1cc(OC)ccc1OC. The highest BCUT2D eigenvalue weighted by Gasteiger charge is 2.31. The summed E-state index contributed by atoms with van der Waals surface area (Å²) in [5.41, 5.74) is 1.01. The second-order valence-electron chi connectivity index (χ2n) is 5.18. The molecule has 0 aliphatic carbocycles. The standard InChI is InChI=1S/C18H23NO3/c1-4-5-6-9-18(20)19-12-7-8-16(19)15-13-14(21-2)10-11-17(15)22-3/h4-6,9-11,13,16H,7-8,12H2,1-3H3/b5-4+,9-6-. The summed E-state index contributed by atoms with van der Waals surface area (Å²) in [5.74, 6) is 1.60. The van der Waals surface area contributed by atoms with Crippen molar-refractivity contribution in [1.82, 2.24) is 4.90 Å². The molecule has 0 radical (unpaired) electrons. The molecule has 1 aromatic carbocycles. The highest BCUT2D eigenvalue weighted by atomic mass is 16.5. The van der Waals surface area contributed by atoms with Crippen LogP contribution in [0.1, 0.15) is 31.4 Å². The van der Waals surface area contributed by atoms with E-state index in [1.54, 1.807) is 26.4 Å². The topological polar surface area (TPSA) is 38.8 Å². The number of carbonyl (C=O) groups is 1. The number of methoxy groups -OCH3 is 2. The van der Waals surface area contributed by atoms with Crippen molar-refractivity contribution in [2.75, 3.05) is 20.8 Å². The smallest absolute Gasteiger partial charge is 0.247 e. The number of carbonyl (C=O) groups excluding carboxylic acids is 1. The number of ether oxygens (including phenoxy) is 2. The summed E-state index contributed by atoms with van der Waals surface area (Å²) in [5, 5.41) is 0. The summed E-state index contributed by atoms with van der Waals surface area (Å²) in [7, 11) is 3.29. The van der Waals surface area contributed by atoms with Crippen molar-refractivity contribution in [1.29, 1.82) is 0 Å². The Morgan fingerprint density at radius 1 is 1.27 bits per heavy atom. The molecule has 0 saturated carbocycles. The fourth-order valence-electron chi connectivity index (χ4n) is 2.80. The van der Waals surface area contributed by atoms with E-state index in [0.717, 1.165) is 36.4 Å². The molecule has 1 saturated heterocycles. The van der Waals surface area contributed by atoms with Crippen LogP contribution >= 0.6 is 0 Å². The lowest BCUT2D eigenvalue weighted by Crippen LogP contribution is -2.29. The average molecular weight is 301 g/mol. The molecule has 0 N–H and O–H groups in total. The van der Waals surface area contributed by atoms with Gasteiger partial charge in [-0.2, -0.15) is 0 Å². The number of hydrogen-bond acceptors (Lipinski definition) is 3. The Kier molecular flexibility index (Phi) is 5.64. The molecule has 0 spiro atoms. The summed E-state index contributed by atoms with van der Waals surface area (Å²) in [6.07, 6.45) is 9.08. The number of rotatable bonds is 5. The first-order chi connectivity index (χ1) is 10.7.